The van der Waals surface area contributed by atoms with E-state index in [1.165, 1.54) is 12.8 Å². The van der Waals surface area contributed by atoms with Gasteiger partial charge >= 0.3 is 0 Å². The number of hydrogen-bond donors (Lipinski definition) is 2. The predicted octanol–water partition coefficient (Wildman–Crippen LogP) is 2.29. The molecule has 19 heavy (non-hydrogen) atoms. The Balaban J connectivity index is 1.91. The third-order valence-electron chi connectivity index (χ3n) is 4.21. The molecule has 0 bridgehead atoms. The van der Waals surface area contributed by atoms with Crippen LogP contribution in [-0.4, -0.2) is 33.6 Å². The van der Waals surface area contributed by atoms with Crippen LogP contribution in [0.2, 0.25) is 0 Å². The summed E-state index contributed by atoms with van der Waals surface area (Å²) in [5, 5.41) is 18.3. The molecule has 1 fully saturated rings. The van der Waals surface area contributed by atoms with E-state index in [0.29, 0.717) is 12.5 Å². The molecule has 1 aromatic rings. The van der Waals surface area contributed by atoms with E-state index in [-0.39, 0.29) is 12.1 Å². The zero-order chi connectivity index (χ0) is 13.7. The summed E-state index contributed by atoms with van der Waals surface area (Å²) in [5.41, 5.74) is 1.01. The van der Waals surface area contributed by atoms with Gasteiger partial charge in [-0.2, -0.15) is 5.10 Å². The van der Waals surface area contributed by atoms with Crippen LogP contribution in [-0.2, 0) is 6.42 Å². The van der Waals surface area contributed by atoms with E-state index in [2.05, 4.69) is 28.9 Å². The molecule has 0 aromatic carbocycles. The fourth-order valence-corrected chi connectivity index (χ4v) is 2.92. The first-order valence-corrected chi connectivity index (χ1v) is 7.70. The second kappa shape index (κ2) is 7.06. The fraction of sp³-hybridized carbons (Fsp3) is 0.800. The molecule has 1 aliphatic heterocycles. The van der Waals surface area contributed by atoms with Crippen LogP contribution in [0.4, 0.5) is 0 Å². The SMILES string of the molecule is CCC(CC)n1ccc(CC(O)C2CCCCN2)n1. The predicted molar refractivity (Wildman–Crippen MR) is 77.2 cm³/mol. The molecule has 0 amide bonds. The third-order valence-corrected chi connectivity index (χ3v) is 4.21. The molecular formula is C15H27N3O. The smallest absolute Gasteiger partial charge is 0.0749 e. The summed E-state index contributed by atoms with van der Waals surface area (Å²) < 4.78 is 2.05. The highest BCUT2D eigenvalue weighted by molar-refractivity contribution is 5.03. The summed E-state index contributed by atoms with van der Waals surface area (Å²) in [5.74, 6) is 0. The highest BCUT2D eigenvalue weighted by Crippen LogP contribution is 2.17. The van der Waals surface area contributed by atoms with Gasteiger partial charge in [0.2, 0.25) is 0 Å². The Labute approximate surface area is 116 Å². The van der Waals surface area contributed by atoms with E-state index >= 15 is 0 Å². The molecule has 0 spiro atoms. The van der Waals surface area contributed by atoms with Gasteiger partial charge in [0.25, 0.3) is 0 Å². The molecule has 2 rings (SSSR count). The van der Waals surface area contributed by atoms with Gasteiger partial charge in [-0.05, 0) is 38.3 Å². The zero-order valence-corrected chi connectivity index (χ0v) is 12.2. The molecule has 0 aliphatic carbocycles. The van der Waals surface area contributed by atoms with Crippen molar-refractivity contribution in [2.24, 2.45) is 0 Å². The van der Waals surface area contributed by atoms with Crippen LogP contribution in [0.3, 0.4) is 0 Å². The van der Waals surface area contributed by atoms with Gasteiger partial charge in [-0.3, -0.25) is 4.68 Å². The summed E-state index contributed by atoms with van der Waals surface area (Å²) in [6.45, 7) is 5.41. The van der Waals surface area contributed by atoms with Gasteiger partial charge < -0.3 is 10.4 Å². The topological polar surface area (TPSA) is 50.1 Å². The number of rotatable bonds is 6. The molecule has 0 saturated carbocycles. The van der Waals surface area contributed by atoms with E-state index in [1.54, 1.807) is 0 Å². The van der Waals surface area contributed by atoms with Crippen molar-refractivity contribution in [3.05, 3.63) is 18.0 Å². The van der Waals surface area contributed by atoms with Gasteiger partial charge in [-0.15, -0.1) is 0 Å². The molecule has 1 saturated heterocycles. The van der Waals surface area contributed by atoms with Gasteiger partial charge in [-0.25, -0.2) is 0 Å². The summed E-state index contributed by atoms with van der Waals surface area (Å²) in [6.07, 6.45) is 8.12. The minimum atomic E-state index is -0.314. The summed E-state index contributed by atoms with van der Waals surface area (Å²) in [6, 6.07) is 2.77. The van der Waals surface area contributed by atoms with E-state index in [4.69, 9.17) is 0 Å². The largest absolute Gasteiger partial charge is 0.391 e. The van der Waals surface area contributed by atoms with Crippen molar-refractivity contribution in [1.29, 1.82) is 0 Å². The second-order valence-corrected chi connectivity index (χ2v) is 5.59. The lowest BCUT2D eigenvalue weighted by Gasteiger charge is -2.27. The molecule has 2 heterocycles. The fourth-order valence-electron chi connectivity index (χ4n) is 2.92. The Hall–Kier alpha value is -0.870. The molecule has 0 radical (unpaired) electrons. The van der Waals surface area contributed by atoms with Gasteiger partial charge in [0.15, 0.2) is 0 Å². The Morgan fingerprint density at radius 1 is 1.42 bits per heavy atom. The highest BCUT2D eigenvalue weighted by atomic mass is 16.3. The van der Waals surface area contributed by atoms with Crippen LogP contribution < -0.4 is 5.32 Å². The average molecular weight is 265 g/mol. The molecule has 108 valence electrons. The van der Waals surface area contributed by atoms with E-state index in [1.807, 2.05) is 12.3 Å². The van der Waals surface area contributed by atoms with Gasteiger partial charge in [0, 0.05) is 18.7 Å². The number of aliphatic hydroxyl groups is 1. The number of nitrogens with one attached hydrogen (secondary N) is 1. The van der Waals surface area contributed by atoms with E-state index < -0.39 is 0 Å². The van der Waals surface area contributed by atoms with Crippen molar-refractivity contribution in [2.45, 2.75) is 70.6 Å². The van der Waals surface area contributed by atoms with Gasteiger partial charge in [0.05, 0.1) is 17.8 Å². The van der Waals surface area contributed by atoms with Crippen molar-refractivity contribution in [2.75, 3.05) is 6.54 Å². The monoisotopic (exact) mass is 265 g/mol. The lowest BCUT2D eigenvalue weighted by Crippen LogP contribution is -2.44. The minimum absolute atomic E-state index is 0.243. The zero-order valence-electron chi connectivity index (χ0n) is 12.2. The normalized spacial score (nSPS) is 21.8. The van der Waals surface area contributed by atoms with Crippen molar-refractivity contribution in [3.8, 4) is 0 Å². The first kappa shape index (κ1) is 14.5. The number of aromatic nitrogens is 2. The Kier molecular flexibility index (Phi) is 5.40. The van der Waals surface area contributed by atoms with Crippen LogP contribution in [0.25, 0.3) is 0 Å². The molecule has 4 heteroatoms. The second-order valence-electron chi connectivity index (χ2n) is 5.59. The minimum Gasteiger partial charge on any atom is -0.391 e. The number of piperidine rings is 1. The quantitative estimate of drug-likeness (QED) is 0.829. The summed E-state index contributed by atoms with van der Waals surface area (Å²) in [4.78, 5) is 0. The number of nitrogens with zero attached hydrogens (tertiary/aromatic N) is 2. The lowest BCUT2D eigenvalue weighted by atomic mass is 9.97. The van der Waals surface area contributed by atoms with Crippen LogP contribution in [0.15, 0.2) is 12.3 Å². The molecule has 2 atom stereocenters. The van der Waals surface area contributed by atoms with Crippen LogP contribution in [0.1, 0.15) is 57.7 Å². The van der Waals surface area contributed by atoms with Crippen LogP contribution in [0.5, 0.6) is 0 Å². The highest BCUT2D eigenvalue weighted by Gasteiger charge is 2.22. The molecule has 4 nitrogen and oxygen atoms in total. The molecular weight excluding hydrogens is 238 g/mol. The van der Waals surface area contributed by atoms with Crippen LogP contribution in [0, 0.1) is 0 Å². The van der Waals surface area contributed by atoms with E-state index in [9.17, 15) is 5.11 Å². The first-order chi connectivity index (χ1) is 9.24. The Morgan fingerprint density at radius 2 is 2.21 bits per heavy atom. The standard InChI is InChI=1S/C15H27N3O/c1-3-13(4-2)18-10-8-12(17-18)11-15(19)14-7-5-6-9-16-14/h8,10,13-16,19H,3-7,9,11H2,1-2H3. The van der Waals surface area contributed by atoms with Crippen LogP contribution >= 0.6 is 0 Å². The van der Waals surface area contributed by atoms with Gasteiger partial charge in [0.1, 0.15) is 0 Å². The third kappa shape index (κ3) is 3.80. The number of aliphatic hydroxyl groups excluding tert-OH is 1. The average Bonchev–Trinajstić information content (AvgIpc) is 2.89. The maximum Gasteiger partial charge on any atom is 0.0749 e. The Bertz CT molecular complexity index is 367. The van der Waals surface area contributed by atoms with Crippen molar-refractivity contribution in [1.82, 2.24) is 15.1 Å². The summed E-state index contributed by atoms with van der Waals surface area (Å²) in [7, 11) is 0. The van der Waals surface area contributed by atoms with Gasteiger partial charge in [-0.1, -0.05) is 20.3 Å². The lowest BCUT2D eigenvalue weighted by molar-refractivity contribution is 0.112. The maximum atomic E-state index is 10.3. The molecule has 1 aliphatic rings. The van der Waals surface area contributed by atoms with E-state index in [0.717, 1.165) is 31.5 Å². The van der Waals surface area contributed by atoms with Crippen molar-refractivity contribution in [3.63, 3.8) is 0 Å². The van der Waals surface area contributed by atoms with Crippen molar-refractivity contribution >= 4 is 0 Å². The molecule has 2 unspecified atom stereocenters. The first-order valence-electron chi connectivity index (χ1n) is 7.70. The summed E-state index contributed by atoms with van der Waals surface area (Å²) >= 11 is 0. The molecule has 1 aromatic heterocycles. The number of hydrogen-bond acceptors (Lipinski definition) is 3. The van der Waals surface area contributed by atoms with Crippen molar-refractivity contribution < 1.29 is 5.11 Å². The maximum absolute atomic E-state index is 10.3. The molecule has 2 N–H and O–H groups in total. The Morgan fingerprint density at radius 3 is 2.84 bits per heavy atom.